The van der Waals surface area contributed by atoms with Gasteiger partial charge >= 0.3 is 0 Å². The largest absolute Gasteiger partial charge is 0.319 e. The lowest BCUT2D eigenvalue weighted by Crippen LogP contribution is -2.13. The Morgan fingerprint density at radius 1 is 1.28 bits per heavy atom. The van der Waals surface area contributed by atoms with Crippen LogP contribution >= 0.6 is 11.3 Å². The van der Waals surface area contributed by atoms with Gasteiger partial charge in [0, 0.05) is 12.0 Å². The van der Waals surface area contributed by atoms with Crippen LogP contribution in [0.3, 0.4) is 0 Å². The second kappa shape index (κ2) is 6.47. The molecule has 0 saturated carbocycles. The van der Waals surface area contributed by atoms with Gasteiger partial charge in [0.2, 0.25) is 0 Å². The maximum atomic E-state index is 12.3. The zero-order chi connectivity index (χ0) is 12.8. The van der Waals surface area contributed by atoms with Crippen molar-refractivity contribution >= 4 is 17.1 Å². The molecule has 0 unspecified atom stereocenters. The molecule has 1 aromatic heterocycles. The molecule has 0 amide bonds. The van der Waals surface area contributed by atoms with E-state index in [0.717, 1.165) is 29.7 Å². The molecule has 0 aliphatic carbocycles. The summed E-state index contributed by atoms with van der Waals surface area (Å²) in [7, 11) is 1.93. The van der Waals surface area contributed by atoms with Crippen molar-refractivity contribution in [2.45, 2.75) is 12.8 Å². The van der Waals surface area contributed by atoms with Crippen LogP contribution in [0.5, 0.6) is 0 Å². The van der Waals surface area contributed by atoms with Crippen molar-refractivity contribution in [3.63, 3.8) is 0 Å². The summed E-state index contributed by atoms with van der Waals surface area (Å²) in [6.07, 6.45) is 1.39. The van der Waals surface area contributed by atoms with E-state index in [2.05, 4.69) is 5.32 Å². The van der Waals surface area contributed by atoms with Crippen molar-refractivity contribution < 1.29 is 4.79 Å². The first-order valence-electron chi connectivity index (χ1n) is 6.08. The number of Topliss-reactive ketones (excluding diaryl/α,β-unsaturated/α-hetero) is 1. The number of ketones is 1. The van der Waals surface area contributed by atoms with Crippen molar-refractivity contribution in [2.24, 2.45) is 0 Å². The molecule has 2 rings (SSSR count). The van der Waals surface area contributed by atoms with Crippen LogP contribution < -0.4 is 5.32 Å². The van der Waals surface area contributed by atoms with Gasteiger partial charge in [0.1, 0.15) is 0 Å². The Morgan fingerprint density at radius 3 is 2.83 bits per heavy atom. The second-order valence-corrected chi connectivity index (χ2v) is 5.02. The first-order chi connectivity index (χ1) is 8.81. The van der Waals surface area contributed by atoms with Crippen LogP contribution in [0.15, 0.2) is 41.1 Å². The Kier molecular flexibility index (Phi) is 4.67. The minimum absolute atomic E-state index is 0.208. The Hall–Kier alpha value is -1.45. The summed E-state index contributed by atoms with van der Waals surface area (Å²) >= 11 is 1.63. The molecule has 3 heteroatoms. The minimum atomic E-state index is 0.208. The van der Waals surface area contributed by atoms with Gasteiger partial charge in [-0.15, -0.1) is 0 Å². The molecule has 1 heterocycles. The molecular formula is C15H17NOS. The molecule has 0 radical (unpaired) electrons. The second-order valence-electron chi connectivity index (χ2n) is 4.24. The lowest BCUT2D eigenvalue weighted by atomic mass is 9.98. The number of carbonyl (C=O) groups excluding carboxylic acids is 1. The maximum absolute atomic E-state index is 12.3. The minimum Gasteiger partial charge on any atom is -0.319 e. The number of likely N-dealkylation sites (N-methyl/N-ethyl adjacent to an activating group) is 1. The fourth-order valence-electron chi connectivity index (χ4n) is 1.94. The summed E-state index contributed by atoms with van der Waals surface area (Å²) in [4.78, 5) is 12.3. The van der Waals surface area contributed by atoms with E-state index >= 15 is 0 Å². The molecular weight excluding hydrogens is 242 g/mol. The average Bonchev–Trinajstić information content (AvgIpc) is 2.89. The quantitative estimate of drug-likeness (QED) is 0.808. The van der Waals surface area contributed by atoms with Crippen molar-refractivity contribution in [1.82, 2.24) is 5.32 Å². The Morgan fingerprint density at radius 2 is 2.11 bits per heavy atom. The molecule has 0 atom stereocenters. The van der Waals surface area contributed by atoms with E-state index in [0.29, 0.717) is 6.42 Å². The van der Waals surface area contributed by atoms with Crippen LogP contribution in [0.25, 0.3) is 0 Å². The predicted octanol–water partition coefficient (Wildman–Crippen LogP) is 2.94. The predicted molar refractivity (Wildman–Crippen MR) is 76.4 cm³/mol. The fraction of sp³-hybridized carbons (Fsp3) is 0.267. The number of benzene rings is 1. The standard InChI is InChI=1S/C15H17NOS/c1-16-8-6-13-4-2-3-5-14(13)15(17)10-12-7-9-18-11-12/h2-5,7,9,11,16H,6,8,10H2,1H3. The Balaban J connectivity index is 2.13. The Bertz CT molecular complexity index is 505. The molecule has 0 aliphatic rings. The molecule has 1 N–H and O–H groups in total. The highest BCUT2D eigenvalue weighted by atomic mass is 32.1. The van der Waals surface area contributed by atoms with Crippen LogP contribution in [-0.2, 0) is 12.8 Å². The first kappa shape index (κ1) is 13.0. The van der Waals surface area contributed by atoms with Crippen LogP contribution in [0.1, 0.15) is 21.5 Å². The van der Waals surface area contributed by atoms with Crippen molar-refractivity contribution in [2.75, 3.05) is 13.6 Å². The maximum Gasteiger partial charge on any atom is 0.167 e. The van der Waals surface area contributed by atoms with Gasteiger partial charge < -0.3 is 5.32 Å². The van der Waals surface area contributed by atoms with Crippen molar-refractivity contribution in [1.29, 1.82) is 0 Å². The van der Waals surface area contributed by atoms with E-state index in [1.54, 1.807) is 11.3 Å². The fourth-order valence-corrected chi connectivity index (χ4v) is 2.61. The van der Waals surface area contributed by atoms with Crippen molar-refractivity contribution in [3.05, 3.63) is 57.8 Å². The number of hydrogen-bond donors (Lipinski definition) is 1. The van der Waals surface area contributed by atoms with E-state index in [1.807, 2.05) is 48.1 Å². The molecule has 0 aliphatic heterocycles. The van der Waals surface area contributed by atoms with Crippen molar-refractivity contribution in [3.8, 4) is 0 Å². The molecule has 1 aromatic carbocycles. The van der Waals surface area contributed by atoms with Gasteiger partial charge in [-0.25, -0.2) is 0 Å². The third-order valence-corrected chi connectivity index (χ3v) is 3.64. The van der Waals surface area contributed by atoms with E-state index in [1.165, 1.54) is 0 Å². The van der Waals surface area contributed by atoms with Crippen LogP contribution in [0.4, 0.5) is 0 Å². The zero-order valence-electron chi connectivity index (χ0n) is 10.5. The van der Waals surface area contributed by atoms with Crippen LogP contribution in [-0.4, -0.2) is 19.4 Å². The number of carbonyl (C=O) groups is 1. The SMILES string of the molecule is CNCCc1ccccc1C(=O)Cc1ccsc1. The van der Waals surface area contributed by atoms with Gasteiger partial charge in [0.05, 0.1) is 0 Å². The molecule has 0 spiro atoms. The Labute approximate surface area is 112 Å². The summed E-state index contributed by atoms with van der Waals surface area (Å²) < 4.78 is 0. The summed E-state index contributed by atoms with van der Waals surface area (Å²) in [6, 6.07) is 9.91. The third-order valence-electron chi connectivity index (χ3n) is 2.91. The number of thiophene rings is 1. The summed E-state index contributed by atoms with van der Waals surface area (Å²) in [5.41, 5.74) is 3.10. The molecule has 0 fully saturated rings. The van der Waals surface area contributed by atoms with E-state index in [9.17, 15) is 4.79 Å². The van der Waals surface area contributed by atoms with Gasteiger partial charge in [-0.05, 0) is 48.0 Å². The monoisotopic (exact) mass is 259 g/mol. The first-order valence-corrected chi connectivity index (χ1v) is 7.02. The topological polar surface area (TPSA) is 29.1 Å². The van der Waals surface area contributed by atoms with Crippen LogP contribution in [0.2, 0.25) is 0 Å². The lowest BCUT2D eigenvalue weighted by molar-refractivity contribution is 0.0992. The summed E-state index contributed by atoms with van der Waals surface area (Å²) in [5, 5.41) is 7.16. The molecule has 2 nitrogen and oxygen atoms in total. The van der Waals surface area contributed by atoms with Gasteiger partial charge in [0.25, 0.3) is 0 Å². The highest BCUT2D eigenvalue weighted by Crippen LogP contribution is 2.14. The highest BCUT2D eigenvalue weighted by Gasteiger charge is 2.11. The summed E-state index contributed by atoms with van der Waals surface area (Å²) in [5.74, 6) is 0.208. The van der Waals surface area contributed by atoms with Gasteiger partial charge in [-0.2, -0.15) is 11.3 Å². The molecule has 2 aromatic rings. The zero-order valence-corrected chi connectivity index (χ0v) is 11.3. The highest BCUT2D eigenvalue weighted by molar-refractivity contribution is 7.08. The van der Waals surface area contributed by atoms with Crippen LogP contribution in [0, 0.1) is 0 Å². The molecule has 18 heavy (non-hydrogen) atoms. The molecule has 94 valence electrons. The normalized spacial score (nSPS) is 10.5. The molecule has 0 saturated heterocycles. The van der Waals surface area contributed by atoms with Gasteiger partial charge in [-0.1, -0.05) is 24.3 Å². The number of rotatable bonds is 6. The lowest BCUT2D eigenvalue weighted by Gasteiger charge is -2.08. The van der Waals surface area contributed by atoms with Gasteiger partial charge in [-0.3, -0.25) is 4.79 Å². The number of nitrogens with one attached hydrogen (secondary N) is 1. The average molecular weight is 259 g/mol. The van der Waals surface area contributed by atoms with E-state index in [-0.39, 0.29) is 5.78 Å². The summed E-state index contributed by atoms with van der Waals surface area (Å²) in [6.45, 7) is 0.892. The smallest absolute Gasteiger partial charge is 0.167 e. The number of hydrogen-bond acceptors (Lipinski definition) is 3. The van der Waals surface area contributed by atoms with Gasteiger partial charge in [0.15, 0.2) is 5.78 Å². The van der Waals surface area contributed by atoms with E-state index in [4.69, 9.17) is 0 Å². The molecule has 0 bridgehead atoms. The third kappa shape index (κ3) is 3.28. The van der Waals surface area contributed by atoms with E-state index < -0.39 is 0 Å².